The van der Waals surface area contributed by atoms with Crippen LogP contribution in [0.25, 0.3) is 0 Å². The van der Waals surface area contributed by atoms with Gasteiger partial charge in [-0.25, -0.2) is 0 Å². The molecule has 1 saturated heterocycles. The summed E-state index contributed by atoms with van der Waals surface area (Å²) in [5.74, 6) is 1.68. The van der Waals surface area contributed by atoms with Crippen LogP contribution in [0.1, 0.15) is 66.2 Å². The van der Waals surface area contributed by atoms with E-state index in [1.807, 2.05) is 0 Å². The van der Waals surface area contributed by atoms with Crippen LogP contribution < -0.4 is 5.73 Å². The highest BCUT2D eigenvalue weighted by molar-refractivity contribution is 4.99. The molecule has 2 heteroatoms. The number of likely N-dealkylation sites (tertiary alicyclic amines) is 1. The molecule has 20 heavy (non-hydrogen) atoms. The van der Waals surface area contributed by atoms with E-state index >= 15 is 0 Å². The lowest BCUT2D eigenvalue weighted by Crippen LogP contribution is -2.46. The predicted octanol–water partition coefficient (Wildman–Crippen LogP) is 3.65. The van der Waals surface area contributed by atoms with Crippen molar-refractivity contribution in [1.29, 1.82) is 0 Å². The second-order valence-corrected chi connectivity index (χ2v) is 9.54. The summed E-state index contributed by atoms with van der Waals surface area (Å²) in [6, 6.07) is 1.27. The van der Waals surface area contributed by atoms with E-state index in [-0.39, 0.29) is 0 Å². The summed E-state index contributed by atoms with van der Waals surface area (Å²) < 4.78 is 0. The van der Waals surface area contributed by atoms with Crippen LogP contribution in [0.15, 0.2) is 0 Å². The Morgan fingerprint density at radius 1 is 0.950 bits per heavy atom. The minimum Gasteiger partial charge on any atom is -0.327 e. The van der Waals surface area contributed by atoms with Gasteiger partial charge in [0.15, 0.2) is 0 Å². The van der Waals surface area contributed by atoms with Crippen molar-refractivity contribution in [3.8, 4) is 0 Å². The number of nitrogens with two attached hydrogens (primary N) is 1. The SMILES string of the molecule is CC1(C)CC(N2CC3CCCC(N)C3C2)CC(C)(C)C1. The van der Waals surface area contributed by atoms with Gasteiger partial charge in [0, 0.05) is 25.2 Å². The van der Waals surface area contributed by atoms with Crippen molar-refractivity contribution in [3.63, 3.8) is 0 Å². The number of hydrogen-bond acceptors (Lipinski definition) is 2. The highest BCUT2D eigenvalue weighted by Gasteiger charge is 2.45. The van der Waals surface area contributed by atoms with Crippen LogP contribution in [0.5, 0.6) is 0 Å². The molecular formula is C18H34N2. The van der Waals surface area contributed by atoms with Crippen molar-refractivity contribution in [3.05, 3.63) is 0 Å². The van der Waals surface area contributed by atoms with Crippen molar-refractivity contribution in [2.24, 2.45) is 28.4 Å². The lowest BCUT2D eigenvalue weighted by Gasteiger charge is -2.48. The molecular weight excluding hydrogens is 244 g/mol. The van der Waals surface area contributed by atoms with Gasteiger partial charge in [0.25, 0.3) is 0 Å². The maximum Gasteiger partial charge on any atom is 0.0106 e. The first-order valence-electron chi connectivity index (χ1n) is 8.75. The Morgan fingerprint density at radius 2 is 1.60 bits per heavy atom. The molecule has 3 atom stereocenters. The Morgan fingerprint density at radius 3 is 2.20 bits per heavy atom. The average Bonchev–Trinajstić information content (AvgIpc) is 2.70. The quantitative estimate of drug-likeness (QED) is 0.793. The first kappa shape index (κ1) is 14.8. The van der Waals surface area contributed by atoms with E-state index in [2.05, 4.69) is 32.6 Å². The zero-order valence-electron chi connectivity index (χ0n) is 14.0. The Kier molecular flexibility index (Phi) is 3.70. The zero-order chi connectivity index (χ0) is 14.5. The first-order chi connectivity index (χ1) is 9.26. The fraction of sp³-hybridized carbons (Fsp3) is 1.00. The van der Waals surface area contributed by atoms with Crippen LogP contribution in [0, 0.1) is 22.7 Å². The van der Waals surface area contributed by atoms with Gasteiger partial charge >= 0.3 is 0 Å². The Bertz CT molecular complexity index is 344. The lowest BCUT2D eigenvalue weighted by molar-refractivity contribution is 0.0320. The molecule has 1 aliphatic heterocycles. The molecule has 0 radical (unpaired) electrons. The monoisotopic (exact) mass is 278 g/mol. The smallest absolute Gasteiger partial charge is 0.0106 e. The number of fused-ring (bicyclic) bond motifs is 1. The lowest BCUT2D eigenvalue weighted by atomic mass is 9.63. The molecule has 3 aliphatic rings. The van der Waals surface area contributed by atoms with Gasteiger partial charge in [-0.05, 0) is 54.8 Å². The summed E-state index contributed by atoms with van der Waals surface area (Å²) in [7, 11) is 0. The second-order valence-electron chi connectivity index (χ2n) is 9.54. The summed E-state index contributed by atoms with van der Waals surface area (Å²) in [6.07, 6.45) is 8.18. The van der Waals surface area contributed by atoms with Gasteiger partial charge in [-0.1, -0.05) is 34.1 Å². The maximum atomic E-state index is 6.39. The largest absolute Gasteiger partial charge is 0.327 e. The summed E-state index contributed by atoms with van der Waals surface area (Å²) >= 11 is 0. The van der Waals surface area contributed by atoms with Crippen LogP contribution in [-0.4, -0.2) is 30.1 Å². The van der Waals surface area contributed by atoms with E-state index in [9.17, 15) is 0 Å². The molecule has 2 N–H and O–H groups in total. The molecule has 0 spiro atoms. The van der Waals surface area contributed by atoms with Crippen molar-refractivity contribution >= 4 is 0 Å². The number of rotatable bonds is 1. The van der Waals surface area contributed by atoms with E-state index in [0.717, 1.165) is 17.9 Å². The minimum atomic E-state index is 0.475. The molecule has 2 nitrogen and oxygen atoms in total. The first-order valence-corrected chi connectivity index (χ1v) is 8.75. The molecule has 116 valence electrons. The van der Waals surface area contributed by atoms with Gasteiger partial charge in [-0.3, -0.25) is 4.90 Å². The third-order valence-electron chi connectivity index (χ3n) is 6.23. The van der Waals surface area contributed by atoms with E-state index in [0.29, 0.717) is 16.9 Å². The molecule has 0 aromatic carbocycles. The summed E-state index contributed by atoms with van der Waals surface area (Å²) in [4.78, 5) is 2.82. The van der Waals surface area contributed by atoms with Gasteiger partial charge in [0.2, 0.25) is 0 Å². The standard InChI is InChI=1S/C18H34N2/c1-17(2)8-14(9-18(3,4)12-17)20-10-13-6-5-7-16(19)15(13)11-20/h13-16H,5-12,19H2,1-4H3. The molecule has 0 bridgehead atoms. The molecule has 3 rings (SSSR count). The van der Waals surface area contributed by atoms with E-state index in [1.54, 1.807) is 0 Å². The van der Waals surface area contributed by atoms with Crippen LogP contribution in [0.2, 0.25) is 0 Å². The maximum absolute atomic E-state index is 6.39. The van der Waals surface area contributed by atoms with Crippen molar-refractivity contribution in [2.75, 3.05) is 13.1 Å². The molecule has 2 saturated carbocycles. The summed E-state index contributed by atoms with van der Waals surface area (Å²) in [5.41, 5.74) is 7.40. The van der Waals surface area contributed by atoms with Gasteiger partial charge in [0.1, 0.15) is 0 Å². The fourth-order valence-corrected chi connectivity index (χ4v) is 5.90. The second kappa shape index (κ2) is 4.98. The average molecular weight is 278 g/mol. The summed E-state index contributed by atoms with van der Waals surface area (Å²) in [5, 5.41) is 0. The molecule has 1 heterocycles. The van der Waals surface area contributed by atoms with Gasteiger partial charge in [-0.15, -0.1) is 0 Å². The highest BCUT2D eigenvalue weighted by atomic mass is 15.2. The third kappa shape index (κ3) is 2.92. The van der Waals surface area contributed by atoms with Gasteiger partial charge in [-0.2, -0.15) is 0 Å². The van der Waals surface area contributed by atoms with Crippen molar-refractivity contribution < 1.29 is 0 Å². The molecule has 3 fully saturated rings. The number of hydrogen-bond donors (Lipinski definition) is 1. The van der Waals surface area contributed by atoms with Crippen LogP contribution >= 0.6 is 0 Å². The molecule has 0 aromatic rings. The van der Waals surface area contributed by atoms with Crippen LogP contribution in [0.4, 0.5) is 0 Å². The van der Waals surface area contributed by atoms with Crippen LogP contribution in [0.3, 0.4) is 0 Å². The normalized spacial score (nSPS) is 41.5. The summed E-state index contributed by atoms with van der Waals surface area (Å²) in [6.45, 7) is 12.5. The highest BCUT2D eigenvalue weighted by Crippen LogP contribution is 2.48. The Balaban J connectivity index is 1.70. The van der Waals surface area contributed by atoms with Crippen molar-refractivity contribution in [2.45, 2.75) is 78.3 Å². The minimum absolute atomic E-state index is 0.475. The van der Waals surface area contributed by atoms with Crippen LogP contribution in [-0.2, 0) is 0 Å². The van der Waals surface area contributed by atoms with E-state index < -0.39 is 0 Å². The number of nitrogens with zero attached hydrogens (tertiary/aromatic N) is 1. The molecule has 0 amide bonds. The fourth-order valence-electron chi connectivity index (χ4n) is 5.90. The molecule has 0 aromatic heterocycles. The molecule has 3 unspecified atom stereocenters. The Labute approximate surface area is 125 Å². The topological polar surface area (TPSA) is 29.3 Å². The van der Waals surface area contributed by atoms with E-state index in [4.69, 9.17) is 5.73 Å². The third-order valence-corrected chi connectivity index (χ3v) is 6.23. The molecule has 2 aliphatic carbocycles. The predicted molar refractivity (Wildman–Crippen MR) is 85.6 cm³/mol. The zero-order valence-corrected chi connectivity index (χ0v) is 14.0. The Hall–Kier alpha value is -0.0800. The van der Waals surface area contributed by atoms with Gasteiger partial charge < -0.3 is 5.73 Å². The van der Waals surface area contributed by atoms with Gasteiger partial charge in [0.05, 0.1) is 0 Å². The van der Waals surface area contributed by atoms with Crippen molar-refractivity contribution in [1.82, 2.24) is 4.90 Å². The van der Waals surface area contributed by atoms with E-state index in [1.165, 1.54) is 51.6 Å².